The zero-order valence-corrected chi connectivity index (χ0v) is 20.7. The van der Waals surface area contributed by atoms with Gasteiger partial charge in [0.05, 0.1) is 34.9 Å². The fourth-order valence-corrected chi connectivity index (χ4v) is 5.21. The van der Waals surface area contributed by atoms with Crippen LogP contribution in [0.1, 0.15) is 34.1 Å². The number of carbonyl (C=O) groups excluding carboxylic acids is 1. The van der Waals surface area contributed by atoms with Crippen molar-refractivity contribution in [1.29, 1.82) is 0 Å². The summed E-state index contributed by atoms with van der Waals surface area (Å²) in [5, 5.41) is 1.57. The zero-order valence-electron chi connectivity index (χ0n) is 19.9. The van der Waals surface area contributed by atoms with Crippen molar-refractivity contribution < 1.29 is 31.1 Å². The molecular formula is C26H22F3N3O4S. The normalized spacial score (nSPS) is 11.9. The summed E-state index contributed by atoms with van der Waals surface area (Å²) in [6, 6.07) is 14.5. The topological polar surface area (TPSA) is 89.5 Å². The highest BCUT2D eigenvalue weighted by Gasteiger charge is 2.32. The van der Waals surface area contributed by atoms with E-state index in [2.05, 4.69) is 9.97 Å². The monoisotopic (exact) mass is 529 g/mol. The number of pyridine rings is 2. The van der Waals surface area contributed by atoms with Crippen molar-refractivity contribution in [2.24, 2.45) is 0 Å². The molecule has 2 aromatic carbocycles. The molecule has 0 aliphatic carbocycles. The van der Waals surface area contributed by atoms with Crippen molar-refractivity contribution in [3.8, 4) is 0 Å². The first-order valence-corrected chi connectivity index (χ1v) is 12.6. The molecule has 7 nitrogen and oxygen atoms in total. The summed E-state index contributed by atoms with van der Waals surface area (Å²) in [5.41, 5.74) is -0.109. The number of rotatable bonds is 7. The Morgan fingerprint density at radius 3 is 2.30 bits per heavy atom. The number of anilines is 1. The van der Waals surface area contributed by atoms with Gasteiger partial charge in [-0.25, -0.2) is 22.5 Å². The van der Waals surface area contributed by atoms with Gasteiger partial charge in [-0.3, -0.25) is 4.98 Å². The molecule has 0 saturated heterocycles. The van der Waals surface area contributed by atoms with Crippen molar-refractivity contribution >= 4 is 32.6 Å². The van der Waals surface area contributed by atoms with Crippen LogP contribution in [0.4, 0.5) is 19.0 Å². The summed E-state index contributed by atoms with van der Waals surface area (Å²) in [4.78, 5) is 20.1. The second-order valence-corrected chi connectivity index (χ2v) is 9.95. The first-order chi connectivity index (χ1) is 17.5. The van der Waals surface area contributed by atoms with E-state index in [0.29, 0.717) is 11.8 Å². The average Bonchev–Trinajstić information content (AvgIpc) is 2.88. The molecule has 0 radical (unpaired) electrons. The molecule has 0 N–H and O–H groups in total. The van der Waals surface area contributed by atoms with Crippen LogP contribution in [0.2, 0.25) is 0 Å². The molecule has 4 aromatic rings. The Balaban J connectivity index is 1.80. The Labute approximate surface area is 211 Å². The van der Waals surface area contributed by atoms with Gasteiger partial charge in [0.1, 0.15) is 5.82 Å². The van der Waals surface area contributed by atoms with Gasteiger partial charge in [-0.15, -0.1) is 0 Å². The van der Waals surface area contributed by atoms with Crippen LogP contribution in [-0.4, -0.2) is 31.0 Å². The van der Waals surface area contributed by atoms with Crippen molar-refractivity contribution in [1.82, 2.24) is 9.97 Å². The minimum Gasteiger partial charge on any atom is -0.462 e. The highest BCUT2D eigenvalue weighted by Crippen LogP contribution is 2.32. The number of aromatic nitrogens is 2. The van der Waals surface area contributed by atoms with E-state index < -0.39 is 27.7 Å². The number of nitrogens with zero attached hydrogens (tertiary/aromatic N) is 3. The average molecular weight is 530 g/mol. The molecule has 0 aliphatic rings. The third-order valence-corrected chi connectivity index (χ3v) is 7.42. The summed E-state index contributed by atoms with van der Waals surface area (Å²) in [7, 11) is -4.28. The second-order valence-electron chi connectivity index (χ2n) is 8.09. The maximum absolute atomic E-state index is 13.8. The van der Waals surface area contributed by atoms with Gasteiger partial charge in [0, 0.05) is 23.3 Å². The first kappa shape index (κ1) is 26.1. The lowest BCUT2D eigenvalue weighted by molar-refractivity contribution is -0.137. The largest absolute Gasteiger partial charge is 0.462 e. The predicted molar refractivity (Wildman–Crippen MR) is 131 cm³/mol. The predicted octanol–water partition coefficient (Wildman–Crippen LogP) is 5.53. The molecular weight excluding hydrogens is 507 g/mol. The molecule has 0 atom stereocenters. The van der Waals surface area contributed by atoms with Crippen molar-refractivity contribution in [2.75, 3.05) is 10.9 Å². The van der Waals surface area contributed by atoms with Gasteiger partial charge in [0.2, 0.25) is 0 Å². The molecule has 2 heterocycles. The molecule has 4 rings (SSSR count). The Morgan fingerprint density at radius 1 is 0.973 bits per heavy atom. The molecule has 0 saturated carbocycles. The van der Waals surface area contributed by atoms with Crippen LogP contribution in [0.5, 0.6) is 0 Å². The van der Waals surface area contributed by atoms with Gasteiger partial charge >= 0.3 is 12.1 Å². The SMILES string of the molecule is CCOC(=O)c1ccc(S(=O)(=O)N(Cc2ccc(C(F)(F)F)cn2)c2ncc3ccccc3c2C)cc1. The van der Waals surface area contributed by atoms with Crippen LogP contribution in [-0.2, 0) is 27.5 Å². The molecule has 37 heavy (non-hydrogen) atoms. The van der Waals surface area contributed by atoms with E-state index in [4.69, 9.17) is 4.74 Å². The van der Waals surface area contributed by atoms with E-state index in [1.807, 2.05) is 24.3 Å². The molecule has 0 bridgehead atoms. The van der Waals surface area contributed by atoms with Crippen molar-refractivity contribution in [2.45, 2.75) is 31.5 Å². The van der Waals surface area contributed by atoms with Crippen LogP contribution in [0.3, 0.4) is 0 Å². The lowest BCUT2D eigenvalue weighted by atomic mass is 10.1. The molecule has 0 spiro atoms. The summed E-state index contributed by atoms with van der Waals surface area (Å²) in [6.45, 7) is 3.17. The number of ether oxygens (including phenoxy) is 1. The minimum absolute atomic E-state index is 0.0917. The third kappa shape index (κ3) is 5.41. The third-order valence-electron chi connectivity index (χ3n) is 5.67. The number of hydrogen-bond donors (Lipinski definition) is 0. The number of alkyl halides is 3. The number of esters is 1. The molecule has 192 valence electrons. The highest BCUT2D eigenvalue weighted by molar-refractivity contribution is 7.92. The maximum atomic E-state index is 13.8. The van der Waals surface area contributed by atoms with Gasteiger partial charge in [0.15, 0.2) is 0 Å². The van der Waals surface area contributed by atoms with Crippen molar-refractivity contribution in [3.63, 3.8) is 0 Å². The summed E-state index contributed by atoms with van der Waals surface area (Å²) < 4.78 is 72.6. The number of benzene rings is 2. The molecule has 0 aliphatic heterocycles. The number of fused-ring (bicyclic) bond motifs is 1. The van der Waals surface area contributed by atoms with Crippen LogP contribution < -0.4 is 4.31 Å². The quantitative estimate of drug-likeness (QED) is 0.293. The standard InChI is InChI=1S/C26H22F3N3O4S/c1-3-36-25(33)18-8-12-22(13-9-18)37(34,35)32(16-21-11-10-20(15-30-21)26(27,28)29)24-17(2)23-7-5-4-6-19(23)14-31-24/h4-15H,3,16H2,1-2H3. The van der Waals surface area contributed by atoms with E-state index in [-0.39, 0.29) is 35.1 Å². The maximum Gasteiger partial charge on any atom is 0.417 e. The fraction of sp³-hybridized carbons (Fsp3) is 0.192. The van der Waals surface area contributed by atoms with Gasteiger partial charge in [-0.2, -0.15) is 13.2 Å². The summed E-state index contributed by atoms with van der Waals surface area (Å²) >= 11 is 0. The summed E-state index contributed by atoms with van der Waals surface area (Å²) in [6.07, 6.45) is -2.38. The van der Waals surface area contributed by atoms with E-state index in [1.54, 1.807) is 13.8 Å². The lowest BCUT2D eigenvalue weighted by Gasteiger charge is -2.25. The van der Waals surface area contributed by atoms with Gasteiger partial charge in [-0.05, 0) is 55.6 Å². The zero-order chi connectivity index (χ0) is 26.8. The van der Waals surface area contributed by atoms with Crippen molar-refractivity contribution in [3.05, 3.63) is 95.4 Å². The van der Waals surface area contributed by atoms with Crippen LogP contribution in [0.25, 0.3) is 10.8 Å². The second kappa shape index (κ2) is 10.2. The van der Waals surface area contributed by atoms with E-state index in [0.717, 1.165) is 27.2 Å². The van der Waals surface area contributed by atoms with Crippen LogP contribution >= 0.6 is 0 Å². The van der Waals surface area contributed by atoms with Gasteiger partial charge in [0.25, 0.3) is 10.0 Å². The van der Waals surface area contributed by atoms with Gasteiger partial charge < -0.3 is 4.74 Å². The number of carbonyl (C=O) groups is 1. The Hall–Kier alpha value is -3.99. The van der Waals surface area contributed by atoms with E-state index >= 15 is 0 Å². The van der Waals surface area contributed by atoms with Gasteiger partial charge in [-0.1, -0.05) is 24.3 Å². The molecule has 0 amide bonds. The molecule has 2 aromatic heterocycles. The molecule has 0 fully saturated rings. The number of sulfonamides is 1. The minimum atomic E-state index is -4.57. The highest BCUT2D eigenvalue weighted by atomic mass is 32.2. The Kier molecular flexibility index (Phi) is 7.17. The lowest BCUT2D eigenvalue weighted by Crippen LogP contribution is -2.32. The summed E-state index contributed by atoms with van der Waals surface area (Å²) in [5.74, 6) is -0.487. The number of aryl methyl sites for hydroxylation is 1. The van der Waals surface area contributed by atoms with Crippen LogP contribution in [0.15, 0.2) is 78.0 Å². The molecule has 11 heteroatoms. The smallest absolute Gasteiger partial charge is 0.417 e. The number of hydrogen-bond acceptors (Lipinski definition) is 6. The molecule has 0 unspecified atom stereocenters. The van der Waals surface area contributed by atoms with Crippen LogP contribution in [0, 0.1) is 6.92 Å². The first-order valence-electron chi connectivity index (χ1n) is 11.2. The number of halogens is 3. The van der Waals surface area contributed by atoms with E-state index in [9.17, 15) is 26.4 Å². The Bertz CT molecular complexity index is 1540. The van der Waals surface area contributed by atoms with E-state index in [1.165, 1.54) is 30.5 Å². The fourth-order valence-electron chi connectivity index (χ4n) is 3.76. The Morgan fingerprint density at radius 2 is 1.68 bits per heavy atom.